The minimum absolute atomic E-state index is 0.276. The van der Waals surface area contributed by atoms with Crippen LogP contribution in [-0.4, -0.2) is 17.9 Å². The lowest BCUT2D eigenvalue weighted by atomic mass is 10.0. The van der Waals surface area contributed by atoms with Crippen molar-refractivity contribution >= 4 is 17.5 Å². The number of imide groups is 1. The van der Waals surface area contributed by atoms with E-state index in [1.165, 1.54) is 0 Å². The van der Waals surface area contributed by atoms with Crippen LogP contribution in [-0.2, 0) is 16.0 Å². The quantitative estimate of drug-likeness (QED) is 0.801. The van der Waals surface area contributed by atoms with Crippen LogP contribution in [0.4, 0.5) is 10.1 Å². The highest BCUT2D eigenvalue weighted by Crippen LogP contribution is 2.21. The number of carbonyl (C=O) groups is 2. The zero-order valence-electron chi connectivity index (χ0n) is 10.1. The van der Waals surface area contributed by atoms with Gasteiger partial charge in [-0.15, -0.1) is 0 Å². The molecule has 1 unspecified atom stereocenters. The Morgan fingerprint density at radius 2 is 2.22 bits per heavy atom. The Bertz CT molecular complexity index is 488. The Morgan fingerprint density at radius 1 is 1.44 bits per heavy atom. The van der Waals surface area contributed by atoms with Crippen LogP contribution in [0.3, 0.4) is 0 Å². The van der Waals surface area contributed by atoms with E-state index in [1.54, 1.807) is 18.2 Å². The first-order valence-corrected chi connectivity index (χ1v) is 5.99. The van der Waals surface area contributed by atoms with Crippen molar-refractivity contribution in [3.05, 3.63) is 29.6 Å². The van der Waals surface area contributed by atoms with Gasteiger partial charge in [0.05, 0.1) is 5.69 Å². The molecule has 2 amide bonds. The fourth-order valence-electron chi connectivity index (χ4n) is 1.98. The van der Waals surface area contributed by atoms with Crippen molar-refractivity contribution in [3.63, 3.8) is 0 Å². The van der Waals surface area contributed by atoms with E-state index in [0.29, 0.717) is 24.1 Å². The predicted octanol–water partition coefficient (Wildman–Crippen LogP) is 1.61. The van der Waals surface area contributed by atoms with Gasteiger partial charge in [0.15, 0.2) is 0 Å². The van der Waals surface area contributed by atoms with Crippen LogP contribution in [0, 0.1) is 5.82 Å². The Hall–Kier alpha value is -1.91. The number of rotatable bonds is 3. The minimum Gasteiger partial charge on any atom is -0.371 e. The van der Waals surface area contributed by atoms with E-state index in [2.05, 4.69) is 10.6 Å². The molecule has 2 N–H and O–H groups in total. The third kappa shape index (κ3) is 2.50. The largest absolute Gasteiger partial charge is 0.371 e. The van der Waals surface area contributed by atoms with Crippen molar-refractivity contribution in [2.45, 2.75) is 32.2 Å². The highest BCUT2D eigenvalue weighted by molar-refractivity contribution is 6.01. The van der Waals surface area contributed by atoms with Crippen LogP contribution in [0.2, 0.25) is 0 Å². The van der Waals surface area contributed by atoms with Gasteiger partial charge in [-0.2, -0.15) is 0 Å². The zero-order valence-corrected chi connectivity index (χ0v) is 10.1. The molecule has 1 saturated heterocycles. The van der Waals surface area contributed by atoms with Crippen LogP contribution in [0.1, 0.15) is 25.3 Å². The van der Waals surface area contributed by atoms with Gasteiger partial charge in [0, 0.05) is 6.42 Å². The molecule has 0 aliphatic carbocycles. The van der Waals surface area contributed by atoms with Gasteiger partial charge in [0.25, 0.3) is 0 Å². The molecule has 1 aromatic rings. The van der Waals surface area contributed by atoms with Gasteiger partial charge in [0.2, 0.25) is 11.8 Å². The Kier molecular flexibility index (Phi) is 3.60. The Balaban J connectivity index is 2.14. The molecular formula is C13H15FN2O2. The van der Waals surface area contributed by atoms with E-state index in [1.807, 2.05) is 6.92 Å². The summed E-state index contributed by atoms with van der Waals surface area (Å²) in [5, 5.41) is 5.09. The summed E-state index contributed by atoms with van der Waals surface area (Å²) in [5.41, 5.74) is 0.913. The monoisotopic (exact) mass is 250 g/mol. The summed E-state index contributed by atoms with van der Waals surface area (Å²) < 4.78 is 14.0. The van der Waals surface area contributed by atoms with Crippen LogP contribution >= 0.6 is 0 Å². The van der Waals surface area contributed by atoms with Crippen molar-refractivity contribution in [3.8, 4) is 0 Å². The maximum absolute atomic E-state index is 14.0. The van der Waals surface area contributed by atoms with E-state index >= 15 is 0 Å². The SMILES string of the molecule is CCc1cccc(NC2CCC(=O)NC2=O)c1F. The highest BCUT2D eigenvalue weighted by Gasteiger charge is 2.27. The summed E-state index contributed by atoms with van der Waals surface area (Å²) in [7, 11) is 0. The fraction of sp³-hybridized carbons (Fsp3) is 0.385. The number of carbonyl (C=O) groups excluding carboxylic acids is 2. The Morgan fingerprint density at radius 3 is 2.89 bits per heavy atom. The molecule has 18 heavy (non-hydrogen) atoms. The summed E-state index contributed by atoms with van der Waals surface area (Å²) in [6.07, 6.45) is 1.26. The first-order chi connectivity index (χ1) is 8.61. The number of anilines is 1. The molecule has 4 nitrogen and oxygen atoms in total. The molecule has 1 aromatic carbocycles. The average molecular weight is 250 g/mol. The molecule has 1 fully saturated rings. The van der Waals surface area contributed by atoms with Gasteiger partial charge in [-0.1, -0.05) is 19.1 Å². The molecule has 96 valence electrons. The third-order valence-corrected chi connectivity index (χ3v) is 3.03. The molecule has 0 radical (unpaired) electrons. The van der Waals surface area contributed by atoms with E-state index in [9.17, 15) is 14.0 Å². The molecule has 0 aromatic heterocycles. The molecule has 0 saturated carbocycles. The van der Waals surface area contributed by atoms with Gasteiger partial charge in [-0.3, -0.25) is 14.9 Å². The molecule has 1 aliphatic rings. The highest BCUT2D eigenvalue weighted by atomic mass is 19.1. The van der Waals surface area contributed by atoms with Gasteiger partial charge in [-0.05, 0) is 24.5 Å². The van der Waals surface area contributed by atoms with Gasteiger partial charge in [-0.25, -0.2) is 4.39 Å². The van der Waals surface area contributed by atoms with Crippen molar-refractivity contribution in [1.82, 2.24) is 5.32 Å². The van der Waals surface area contributed by atoms with Crippen molar-refractivity contribution < 1.29 is 14.0 Å². The molecular weight excluding hydrogens is 235 g/mol. The standard InChI is InChI=1S/C13H15FN2O2/c1-2-8-4-3-5-9(12(8)14)15-10-6-7-11(17)16-13(10)18/h3-5,10,15H,2,6-7H2,1H3,(H,16,17,18). The first-order valence-electron chi connectivity index (χ1n) is 5.99. The number of aryl methyl sites for hydroxylation is 1. The summed E-state index contributed by atoms with van der Waals surface area (Å²) in [5.74, 6) is -1.00. The minimum atomic E-state index is -0.552. The zero-order chi connectivity index (χ0) is 13.1. The van der Waals surface area contributed by atoms with Crippen molar-refractivity contribution in [2.75, 3.05) is 5.32 Å². The van der Waals surface area contributed by atoms with E-state index in [4.69, 9.17) is 0 Å². The second-order valence-electron chi connectivity index (χ2n) is 4.28. The van der Waals surface area contributed by atoms with Gasteiger partial charge < -0.3 is 5.32 Å². The van der Waals surface area contributed by atoms with Crippen molar-refractivity contribution in [2.24, 2.45) is 0 Å². The summed E-state index contributed by atoms with van der Waals surface area (Å²) in [6, 6.07) is 4.50. The second-order valence-corrected chi connectivity index (χ2v) is 4.28. The molecule has 1 aliphatic heterocycles. The number of nitrogens with one attached hydrogen (secondary N) is 2. The van der Waals surface area contributed by atoms with Crippen LogP contribution in [0.15, 0.2) is 18.2 Å². The summed E-state index contributed by atoms with van der Waals surface area (Å²) in [4.78, 5) is 22.6. The maximum atomic E-state index is 14.0. The summed E-state index contributed by atoms with van der Waals surface area (Å²) >= 11 is 0. The first kappa shape index (κ1) is 12.5. The lowest BCUT2D eigenvalue weighted by molar-refractivity contribution is -0.133. The number of benzene rings is 1. The number of halogens is 1. The van der Waals surface area contributed by atoms with Crippen LogP contribution in [0.5, 0.6) is 0 Å². The number of hydrogen-bond donors (Lipinski definition) is 2. The van der Waals surface area contributed by atoms with Gasteiger partial charge >= 0.3 is 0 Å². The van der Waals surface area contributed by atoms with E-state index < -0.39 is 11.9 Å². The summed E-state index contributed by atoms with van der Waals surface area (Å²) in [6.45, 7) is 1.87. The number of hydrogen-bond acceptors (Lipinski definition) is 3. The van der Waals surface area contributed by atoms with Crippen LogP contribution in [0.25, 0.3) is 0 Å². The molecule has 5 heteroatoms. The number of piperidine rings is 1. The lowest BCUT2D eigenvalue weighted by Gasteiger charge is -2.23. The molecule has 1 heterocycles. The Labute approximate surface area is 105 Å². The maximum Gasteiger partial charge on any atom is 0.249 e. The topological polar surface area (TPSA) is 58.2 Å². The van der Waals surface area contributed by atoms with E-state index in [-0.39, 0.29) is 18.1 Å². The molecule has 0 bridgehead atoms. The fourth-order valence-corrected chi connectivity index (χ4v) is 1.98. The average Bonchev–Trinajstić information content (AvgIpc) is 2.35. The molecule has 2 rings (SSSR count). The molecule has 1 atom stereocenters. The van der Waals surface area contributed by atoms with Gasteiger partial charge in [0.1, 0.15) is 11.9 Å². The third-order valence-electron chi connectivity index (χ3n) is 3.03. The smallest absolute Gasteiger partial charge is 0.249 e. The molecule has 0 spiro atoms. The van der Waals surface area contributed by atoms with E-state index in [0.717, 1.165) is 0 Å². The van der Waals surface area contributed by atoms with Crippen LogP contribution < -0.4 is 10.6 Å². The predicted molar refractivity (Wildman–Crippen MR) is 65.6 cm³/mol. The second kappa shape index (κ2) is 5.16. The number of amides is 2. The lowest BCUT2D eigenvalue weighted by Crippen LogP contribution is -2.47. The van der Waals surface area contributed by atoms with Crippen molar-refractivity contribution in [1.29, 1.82) is 0 Å². The normalized spacial score (nSPS) is 19.6.